The Morgan fingerprint density at radius 3 is 2.44 bits per heavy atom. The van der Waals surface area contributed by atoms with Crippen molar-refractivity contribution in [1.29, 1.82) is 0 Å². The Morgan fingerprint density at radius 1 is 0.972 bits per heavy atom. The van der Waals surface area contributed by atoms with Crippen LogP contribution in [0.3, 0.4) is 0 Å². The minimum Gasteiger partial charge on any atom is -0.495 e. The molecule has 0 N–H and O–H groups in total. The number of rotatable bonds is 6. The quantitative estimate of drug-likeness (QED) is 0.427. The van der Waals surface area contributed by atoms with Crippen LogP contribution in [0.1, 0.15) is 22.7 Å². The zero-order valence-electron chi connectivity index (χ0n) is 20.7. The van der Waals surface area contributed by atoms with E-state index in [1.165, 1.54) is 11.1 Å². The Kier molecular flexibility index (Phi) is 7.42. The van der Waals surface area contributed by atoms with Gasteiger partial charge < -0.3 is 14.5 Å². The van der Waals surface area contributed by atoms with Crippen LogP contribution < -0.4 is 9.64 Å². The maximum atomic E-state index is 13.5. The van der Waals surface area contributed by atoms with Gasteiger partial charge in [-0.1, -0.05) is 65.7 Å². The molecule has 0 bridgehead atoms. The molecule has 1 amide bonds. The predicted octanol–water partition coefficient (Wildman–Crippen LogP) is 5.49. The molecule has 2 atom stereocenters. The molecule has 3 aromatic rings. The van der Waals surface area contributed by atoms with Crippen molar-refractivity contribution in [2.45, 2.75) is 24.9 Å². The molecule has 0 aromatic heterocycles. The summed E-state index contributed by atoms with van der Waals surface area (Å²) in [4.78, 5) is 20.3. The number of amides is 1. The van der Waals surface area contributed by atoms with Crippen molar-refractivity contribution in [2.75, 3.05) is 45.2 Å². The second-order valence-corrected chi connectivity index (χ2v) is 10.4. The molecular weight excluding hydrogens is 493 g/mol. The molecule has 1 aliphatic heterocycles. The average Bonchev–Trinajstić information content (AvgIpc) is 3.30. The van der Waals surface area contributed by atoms with Crippen LogP contribution in [0, 0.1) is 0 Å². The molecule has 36 heavy (non-hydrogen) atoms. The number of halogens is 2. The summed E-state index contributed by atoms with van der Waals surface area (Å²) in [6, 6.07) is 22.4. The number of carbonyl (C=O) groups is 1. The lowest BCUT2D eigenvalue weighted by Gasteiger charge is -2.43. The first kappa shape index (κ1) is 24.9. The van der Waals surface area contributed by atoms with Gasteiger partial charge in [0.15, 0.2) is 0 Å². The van der Waals surface area contributed by atoms with E-state index in [0.29, 0.717) is 16.5 Å². The van der Waals surface area contributed by atoms with Crippen LogP contribution in [0.5, 0.6) is 5.75 Å². The van der Waals surface area contributed by atoms with Gasteiger partial charge in [0.2, 0.25) is 5.91 Å². The lowest BCUT2D eigenvalue weighted by Crippen LogP contribution is -2.54. The van der Waals surface area contributed by atoms with E-state index in [0.717, 1.165) is 49.6 Å². The van der Waals surface area contributed by atoms with E-state index in [1.807, 2.05) is 30.1 Å². The number of nitrogens with zero attached hydrogens (tertiary/aromatic N) is 3. The first-order valence-corrected chi connectivity index (χ1v) is 13.1. The molecule has 1 aliphatic carbocycles. The summed E-state index contributed by atoms with van der Waals surface area (Å²) in [6.45, 7) is 3.70. The normalized spacial score (nSPS) is 19.7. The third-order valence-corrected chi connectivity index (χ3v) is 8.27. The Balaban J connectivity index is 1.33. The molecule has 5 nitrogen and oxygen atoms in total. The van der Waals surface area contributed by atoms with Crippen molar-refractivity contribution >= 4 is 34.8 Å². The Labute approximate surface area is 223 Å². The van der Waals surface area contributed by atoms with Crippen LogP contribution in [0.4, 0.5) is 5.69 Å². The number of carbonyl (C=O) groups excluding carboxylic acids is 1. The van der Waals surface area contributed by atoms with Crippen molar-refractivity contribution < 1.29 is 9.53 Å². The number of ether oxygens (including phenoxy) is 1. The molecule has 1 heterocycles. The van der Waals surface area contributed by atoms with E-state index >= 15 is 0 Å². The topological polar surface area (TPSA) is 36.0 Å². The summed E-state index contributed by atoms with van der Waals surface area (Å²) >= 11 is 12.3. The third-order valence-electron chi connectivity index (χ3n) is 7.53. The van der Waals surface area contributed by atoms with Gasteiger partial charge in [0.1, 0.15) is 5.75 Å². The fraction of sp³-hybridized carbons (Fsp3) is 0.345. The number of piperazine rings is 1. The highest BCUT2D eigenvalue weighted by atomic mass is 35.5. The monoisotopic (exact) mass is 523 g/mol. The fourth-order valence-electron chi connectivity index (χ4n) is 5.64. The summed E-state index contributed by atoms with van der Waals surface area (Å²) in [6.07, 6.45) is 1.24. The summed E-state index contributed by atoms with van der Waals surface area (Å²) in [7, 11) is 3.66. The third kappa shape index (κ3) is 4.93. The maximum absolute atomic E-state index is 13.5. The molecule has 0 saturated carbocycles. The molecule has 3 aromatic carbocycles. The molecule has 0 radical (unpaired) electrons. The van der Waals surface area contributed by atoms with Crippen molar-refractivity contribution in [1.82, 2.24) is 9.80 Å². The van der Waals surface area contributed by atoms with Gasteiger partial charge in [-0.2, -0.15) is 0 Å². The number of likely N-dealkylation sites (N-methyl/N-ethyl adjacent to an activating group) is 1. The molecular formula is C29H31Cl2N3O2. The summed E-state index contributed by atoms with van der Waals surface area (Å²) in [5.41, 5.74) is 4.59. The van der Waals surface area contributed by atoms with Crippen LogP contribution in [0.2, 0.25) is 10.0 Å². The highest BCUT2D eigenvalue weighted by molar-refractivity contribution is 6.42. The Morgan fingerprint density at radius 2 is 1.69 bits per heavy atom. The smallest absolute Gasteiger partial charge is 0.227 e. The van der Waals surface area contributed by atoms with Gasteiger partial charge in [-0.05, 0) is 47.4 Å². The van der Waals surface area contributed by atoms with Crippen LogP contribution >= 0.6 is 23.2 Å². The van der Waals surface area contributed by atoms with Crippen LogP contribution in [-0.4, -0.2) is 62.1 Å². The highest BCUT2D eigenvalue weighted by Crippen LogP contribution is 2.39. The summed E-state index contributed by atoms with van der Waals surface area (Å²) in [5.74, 6) is 0.984. The zero-order valence-corrected chi connectivity index (χ0v) is 22.2. The lowest BCUT2D eigenvalue weighted by molar-refractivity contribution is -0.132. The number of hydrogen-bond donors (Lipinski definition) is 0. The van der Waals surface area contributed by atoms with Crippen LogP contribution in [0.15, 0.2) is 66.7 Å². The van der Waals surface area contributed by atoms with Gasteiger partial charge in [-0.25, -0.2) is 0 Å². The number of fused-ring (bicyclic) bond motifs is 1. The fourth-order valence-corrected chi connectivity index (χ4v) is 5.96. The maximum Gasteiger partial charge on any atom is 0.227 e. The van der Waals surface area contributed by atoms with E-state index in [-0.39, 0.29) is 18.0 Å². The van der Waals surface area contributed by atoms with Gasteiger partial charge in [0, 0.05) is 39.3 Å². The second-order valence-electron chi connectivity index (χ2n) is 9.54. The van der Waals surface area contributed by atoms with Gasteiger partial charge in [-0.15, -0.1) is 0 Å². The standard InChI is InChI=1S/C29H31Cl2N3O2/c1-32(28(35)18-20-11-12-23(30)24(31)17-20)29-22-8-4-3-7-21(22)19-26(29)34-15-13-33(14-16-34)25-9-5-6-10-27(25)36-2/h3-12,17,26,29H,13-16,18-19H2,1-2H3. The number of para-hydroxylation sites is 2. The molecule has 2 aliphatic rings. The molecule has 5 rings (SSSR count). The predicted molar refractivity (Wildman–Crippen MR) is 146 cm³/mol. The molecule has 1 saturated heterocycles. The molecule has 0 spiro atoms. The van der Waals surface area contributed by atoms with E-state index in [1.54, 1.807) is 19.2 Å². The van der Waals surface area contributed by atoms with E-state index < -0.39 is 0 Å². The lowest BCUT2D eigenvalue weighted by atomic mass is 10.0. The van der Waals surface area contributed by atoms with Gasteiger partial charge in [0.25, 0.3) is 0 Å². The largest absolute Gasteiger partial charge is 0.495 e. The van der Waals surface area contributed by atoms with Gasteiger partial charge in [-0.3, -0.25) is 9.69 Å². The Hall–Kier alpha value is -2.73. The SMILES string of the molecule is COc1ccccc1N1CCN(C2Cc3ccccc3C2N(C)C(=O)Cc2ccc(Cl)c(Cl)c2)CC1. The van der Waals surface area contributed by atoms with Crippen LogP contribution in [0.25, 0.3) is 0 Å². The number of benzene rings is 3. The zero-order chi connectivity index (χ0) is 25.2. The first-order chi connectivity index (χ1) is 17.5. The van der Waals surface area contributed by atoms with Crippen molar-refractivity contribution in [3.8, 4) is 5.75 Å². The van der Waals surface area contributed by atoms with Crippen molar-refractivity contribution in [3.63, 3.8) is 0 Å². The molecule has 2 unspecified atom stereocenters. The van der Waals surface area contributed by atoms with Crippen LogP contribution in [-0.2, 0) is 17.6 Å². The minimum absolute atomic E-state index is 0.00860. The van der Waals surface area contributed by atoms with E-state index in [4.69, 9.17) is 27.9 Å². The molecule has 188 valence electrons. The minimum atomic E-state index is 0.00860. The van der Waals surface area contributed by atoms with Crippen molar-refractivity contribution in [2.24, 2.45) is 0 Å². The van der Waals surface area contributed by atoms with Gasteiger partial charge in [0.05, 0.1) is 35.3 Å². The van der Waals surface area contributed by atoms with Crippen molar-refractivity contribution in [3.05, 3.63) is 93.5 Å². The van der Waals surface area contributed by atoms with E-state index in [2.05, 4.69) is 46.2 Å². The number of hydrogen-bond acceptors (Lipinski definition) is 4. The first-order valence-electron chi connectivity index (χ1n) is 12.4. The summed E-state index contributed by atoms with van der Waals surface area (Å²) < 4.78 is 5.59. The summed E-state index contributed by atoms with van der Waals surface area (Å²) in [5, 5.41) is 0.972. The van der Waals surface area contributed by atoms with E-state index in [9.17, 15) is 4.79 Å². The highest BCUT2D eigenvalue weighted by Gasteiger charge is 2.41. The number of methoxy groups -OCH3 is 1. The number of anilines is 1. The molecule has 7 heteroatoms. The average molecular weight is 524 g/mol. The second kappa shape index (κ2) is 10.7. The van der Waals surface area contributed by atoms with Gasteiger partial charge >= 0.3 is 0 Å². The molecule has 1 fully saturated rings. The Bertz CT molecular complexity index is 1240.